The number of nitrogens with one attached hydrogen (secondary N) is 1. The van der Waals surface area contributed by atoms with E-state index in [0.717, 1.165) is 54.9 Å². The molecule has 2 aliphatic rings. The molecule has 0 saturated carbocycles. The summed E-state index contributed by atoms with van der Waals surface area (Å²) in [5, 5.41) is 13.5. The van der Waals surface area contributed by atoms with Crippen LogP contribution >= 0.6 is 0 Å². The number of hydrogen-bond donors (Lipinski definition) is 1. The summed E-state index contributed by atoms with van der Waals surface area (Å²) in [5.41, 5.74) is 4.23. The third-order valence-electron chi connectivity index (χ3n) is 5.66. The van der Waals surface area contributed by atoms with Crippen molar-refractivity contribution in [2.24, 2.45) is 5.92 Å². The molecule has 1 saturated heterocycles. The van der Waals surface area contributed by atoms with Crippen LogP contribution in [0.5, 0.6) is 0 Å². The molecular weight excluding hydrogens is 341 g/mol. The van der Waals surface area contributed by atoms with E-state index >= 15 is 0 Å². The van der Waals surface area contributed by atoms with Gasteiger partial charge in [-0.1, -0.05) is 6.92 Å². The summed E-state index contributed by atoms with van der Waals surface area (Å²) in [7, 11) is 0. The van der Waals surface area contributed by atoms with Gasteiger partial charge in [0.1, 0.15) is 11.5 Å². The number of piperidine rings is 1. The summed E-state index contributed by atoms with van der Waals surface area (Å²) >= 11 is 0. The Labute approximate surface area is 159 Å². The van der Waals surface area contributed by atoms with Gasteiger partial charge in [0.05, 0.1) is 0 Å². The van der Waals surface area contributed by atoms with Crippen molar-refractivity contribution in [3.05, 3.63) is 82.7 Å². The molecule has 2 aromatic rings. The lowest BCUT2D eigenvalue weighted by Crippen LogP contribution is -3.02. The average Bonchev–Trinajstić information content (AvgIpc) is 3.06. The molecule has 140 valence electrons. The molecule has 4 rings (SSSR count). The Morgan fingerprint density at radius 2 is 1.74 bits per heavy atom. The van der Waals surface area contributed by atoms with Gasteiger partial charge in [0.15, 0.2) is 5.70 Å². The molecule has 1 atom stereocenters. The number of quaternary nitrogens is 1. The van der Waals surface area contributed by atoms with Gasteiger partial charge in [-0.25, -0.2) is 4.39 Å². The monoisotopic (exact) mass is 365 g/mol. The maximum absolute atomic E-state index is 13.4. The van der Waals surface area contributed by atoms with Crippen molar-refractivity contribution in [2.75, 3.05) is 19.6 Å². The van der Waals surface area contributed by atoms with E-state index in [4.69, 9.17) is 0 Å². The Kier molecular flexibility index (Phi) is 5.16. The lowest BCUT2D eigenvalue weighted by atomic mass is 9.92. The quantitative estimate of drug-likeness (QED) is 0.847. The molecule has 3 heterocycles. The van der Waals surface area contributed by atoms with Crippen LogP contribution in [0.2, 0.25) is 0 Å². The number of rotatable bonds is 4. The normalized spacial score (nSPS) is 21.6. The van der Waals surface area contributed by atoms with Crippen molar-refractivity contribution >= 4 is 11.3 Å². The maximum Gasteiger partial charge on any atom is 0.151 e. The first-order valence-electron chi connectivity index (χ1n) is 9.56. The predicted molar refractivity (Wildman–Crippen MR) is 105 cm³/mol. The SMILES string of the molecule is CCN1CCC(C2=CC(c3ccncc3)=C(c3ccc(F)cc3)[NH+]2[O-])CC1. The smallest absolute Gasteiger partial charge is 0.151 e. The van der Waals surface area contributed by atoms with Crippen LogP contribution in [0.3, 0.4) is 0 Å². The molecular formula is C22H24FN3O. The first kappa shape index (κ1) is 18.0. The summed E-state index contributed by atoms with van der Waals surface area (Å²) in [4.78, 5) is 6.51. The van der Waals surface area contributed by atoms with Gasteiger partial charge >= 0.3 is 0 Å². The highest BCUT2D eigenvalue weighted by atomic mass is 19.1. The highest BCUT2D eigenvalue weighted by Gasteiger charge is 2.34. The molecule has 1 aromatic carbocycles. The van der Waals surface area contributed by atoms with E-state index in [1.54, 1.807) is 24.5 Å². The van der Waals surface area contributed by atoms with Gasteiger partial charge in [-0.15, -0.1) is 0 Å². The van der Waals surface area contributed by atoms with Gasteiger partial charge in [0, 0.05) is 35.5 Å². The van der Waals surface area contributed by atoms with Crippen LogP contribution in [0.4, 0.5) is 4.39 Å². The van der Waals surface area contributed by atoms with Gasteiger partial charge in [-0.05, 0) is 74.4 Å². The third-order valence-corrected chi connectivity index (χ3v) is 5.66. The number of aromatic nitrogens is 1. The molecule has 0 aliphatic carbocycles. The highest BCUT2D eigenvalue weighted by Crippen LogP contribution is 2.33. The van der Waals surface area contributed by atoms with Gasteiger partial charge in [0.25, 0.3) is 0 Å². The topological polar surface area (TPSA) is 43.6 Å². The standard InChI is InChI=1S/C22H24FN3O/c1-2-25-13-9-17(10-14-25)21-15-20(16-7-11-24-12-8-16)22(26(21)27)18-3-5-19(23)6-4-18/h3-8,11-12,15,17,26H,2,9-10,13-14H2,1H3. The summed E-state index contributed by atoms with van der Waals surface area (Å²) < 4.78 is 13.4. The van der Waals surface area contributed by atoms with Crippen molar-refractivity contribution in [1.29, 1.82) is 0 Å². The number of likely N-dealkylation sites (tertiary alicyclic amines) is 1. The van der Waals surface area contributed by atoms with E-state index in [1.165, 1.54) is 12.1 Å². The second kappa shape index (κ2) is 7.72. The van der Waals surface area contributed by atoms with Crippen LogP contribution in [0.1, 0.15) is 30.9 Å². The second-order valence-electron chi connectivity index (χ2n) is 7.17. The fraction of sp³-hybridized carbons (Fsp3) is 0.318. The Hall–Kier alpha value is -2.34. The fourth-order valence-corrected chi connectivity index (χ4v) is 4.09. The van der Waals surface area contributed by atoms with Crippen LogP contribution in [0.25, 0.3) is 11.3 Å². The number of pyridine rings is 1. The summed E-state index contributed by atoms with van der Waals surface area (Å²) in [6, 6.07) is 10.1. The Balaban J connectivity index is 1.71. The minimum Gasteiger partial charge on any atom is -0.624 e. The van der Waals surface area contributed by atoms with Crippen molar-refractivity contribution in [2.45, 2.75) is 19.8 Å². The summed E-state index contributed by atoms with van der Waals surface area (Å²) in [5.74, 6) is -0.00883. The van der Waals surface area contributed by atoms with Gasteiger partial charge in [0.2, 0.25) is 0 Å². The first-order valence-corrected chi connectivity index (χ1v) is 9.56. The van der Waals surface area contributed by atoms with E-state index in [-0.39, 0.29) is 16.8 Å². The number of halogens is 1. The minimum absolute atomic E-state index is 0.0865. The Morgan fingerprint density at radius 1 is 1.07 bits per heavy atom. The van der Waals surface area contributed by atoms with Gasteiger partial charge in [-0.2, -0.15) is 0 Å². The van der Waals surface area contributed by atoms with E-state index in [2.05, 4.69) is 22.9 Å². The molecule has 1 N–H and O–H groups in total. The molecule has 1 unspecified atom stereocenters. The lowest BCUT2D eigenvalue weighted by molar-refractivity contribution is -0.725. The molecule has 0 radical (unpaired) electrons. The number of allylic oxidation sites excluding steroid dienone is 3. The van der Waals surface area contributed by atoms with Crippen LogP contribution in [0, 0.1) is 16.9 Å². The molecule has 0 spiro atoms. The highest BCUT2D eigenvalue weighted by molar-refractivity contribution is 5.94. The number of hydrogen-bond acceptors (Lipinski definition) is 3. The van der Waals surface area contributed by atoms with E-state index < -0.39 is 0 Å². The molecule has 27 heavy (non-hydrogen) atoms. The number of hydroxylamine groups is 2. The number of benzene rings is 1. The lowest BCUT2D eigenvalue weighted by Gasteiger charge is -2.34. The zero-order valence-electron chi connectivity index (χ0n) is 15.5. The van der Waals surface area contributed by atoms with Crippen molar-refractivity contribution < 1.29 is 9.45 Å². The summed E-state index contributed by atoms with van der Waals surface area (Å²) in [6.07, 6.45) is 7.54. The largest absolute Gasteiger partial charge is 0.624 e. The molecule has 0 bridgehead atoms. The molecule has 1 aromatic heterocycles. The third kappa shape index (κ3) is 3.58. The van der Waals surface area contributed by atoms with Gasteiger partial charge < -0.3 is 15.2 Å². The van der Waals surface area contributed by atoms with Crippen LogP contribution in [-0.4, -0.2) is 29.5 Å². The zero-order valence-corrected chi connectivity index (χ0v) is 15.5. The van der Waals surface area contributed by atoms with Crippen LogP contribution in [-0.2, 0) is 0 Å². The number of nitrogens with zero attached hydrogens (tertiary/aromatic N) is 2. The average molecular weight is 365 g/mol. The van der Waals surface area contributed by atoms with Gasteiger partial charge in [-0.3, -0.25) is 4.98 Å². The van der Waals surface area contributed by atoms with Crippen molar-refractivity contribution in [1.82, 2.24) is 9.88 Å². The predicted octanol–water partition coefficient (Wildman–Crippen LogP) is 3.10. The molecule has 2 aliphatic heterocycles. The maximum atomic E-state index is 13.4. The molecule has 0 amide bonds. The molecule has 4 nitrogen and oxygen atoms in total. The molecule has 5 heteroatoms. The molecule has 1 fully saturated rings. The van der Waals surface area contributed by atoms with E-state index in [9.17, 15) is 9.60 Å². The second-order valence-corrected chi connectivity index (χ2v) is 7.17. The van der Waals surface area contributed by atoms with Crippen molar-refractivity contribution in [3.8, 4) is 0 Å². The first-order chi connectivity index (χ1) is 13.2. The fourth-order valence-electron chi connectivity index (χ4n) is 4.09. The van der Waals surface area contributed by atoms with E-state index in [1.807, 2.05) is 12.1 Å². The Morgan fingerprint density at radius 3 is 2.37 bits per heavy atom. The summed E-state index contributed by atoms with van der Waals surface area (Å²) in [6.45, 7) is 5.29. The Bertz CT molecular complexity index is 853. The van der Waals surface area contributed by atoms with Crippen molar-refractivity contribution in [3.63, 3.8) is 0 Å². The van der Waals surface area contributed by atoms with Crippen LogP contribution in [0.15, 0.2) is 60.6 Å². The minimum atomic E-state index is -0.296. The zero-order chi connectivity index (χ0) is 18.8. The van der Waals surface area contributed by atoms with E-state index in [0.29, 0.717) is 5.70 Å². The van der Waals surface area contributed by atoms with Crippen LogP contribution < -0.4 is 5.06 Å².